The van der Waals surface area contributed by atoms with E-state index in [4.69, 9.17) is 15.2 Å². The average molecular weight is 240 g/mol. The fourth-order valence-corrected chi connectivity index (χ4v) is 1.33. The number of non-ortho nitro benzene ring substituents is 1. The molecule has 1 aromatic carbocycles. The molecule has 2 N–H and O–H groups in total. The minimum atomic E-state index is -0.452. The lowest BCUT2D eigenvalue weighted by atomic mass is 10.2. The molecule has 0 radical (unpaired) electrons. The highest BCUT2D eigenvalue weighted by atomic mass is 16.6. The Morgan fingerprint density at radius 3 is 2.76 bits per heavy atom. The Labute approximate surface area is 99.5 Å². The predicted molar refractivity (Wildman–Crippen MR) is 63.0 cm³/mol. The Balaban J connectivity index is 2.70. The zero-order valence-electron chi connectivity index (χ0n) is 9.72. The van der Waals surface area contributed by atoms with Gasteiger partial charge >= 0.3 is 0 Å². The van der Waals surface area contributed by atoms with E-state index in [1.54, 1.807) is 6.07 Å². The molecular formula is C11H16N2O4. The normalized spacial score (nSPS) is 10.2. The number of methoxy groups -OCH3 is 1. The van der Waals surface area contributed by atoms with Crippen LogP contribution in [0.3, 0.4) is 0 Å². The van der Waals surface area contributed by atoms with E-state index in [1.165, 1.54) is 19.2 Å². The second-order valence-electron chi connectivity index (χ2n) is 3.49. The van der Waals surface area contributed by atoms with Gasteiger partial charge < -0.3 is 15.2 Å². The van der Waals surface area contributed by atoms with Crippen LogP contribution < -0.4 is 10.5 Å². The lowest BCUT2D eigenvalue weighted by Crippen LogP contribution is -2.04. The van der Waals surface area contributed by atoms with Crippen LogP contribution in [0.1, 0.15) is 12.0 Å². The molecule has 0 saturated carbocycles. The molecule has 1 aromatic rings. The van der Waals surface area contributed by atoms with Gasteiger partial charge in [0.15, 0.2) is 0 Å². The number of nitrogens with two attached hydrogens (primary N) is 1. The third kappa shape index (κ3) is 4.38. The first-order chi connectivity index (χ1) is 8.17. The van der Waals surface area contributed by atoms with Gasteiger partial charge in [-0.3, -0.25) is 10.1 Å². The molecule has 6 heteroatoms. The van der Waals surface area contributed by atoms with Crippen molar-refractivity contribution in [3.8, 4) is 5.75 Å². The van der Waals surface area contributed by atoms with Crippen molar-refractivity contribution in [3.63, 3.8) is 0 Å². The van der Waals surface area contributed by atoms with Crippen molar-refractivity contribution in [1.29, 1.82) is 0 Å². The Hall–Kier alpha value is -1.66. The van der Waals surface area contributed by atoms with Gasteiger partial charge in [-0.1, -0.05) is 0 Å². The Morgan fingerprint density at radius 1 is 1.41 bits per heavy atom. The smallest absolute Gasteiger partial charge is 0.273 e. The van der Waals surface area contributed by atoms with Gasteiger partial charge in [-0.05, 0) is 24.6 Å². The number of hydrogen-bond donors (Lipinski definition) is 1. The average Bonchev–Trinajstić information content (AvgIpc) is 2.34. The topological polar surface area (TPSA) is 87.6 Å². The lowest BCUT2D eigenvalue weighted by Gasteiger charge is -2.06. The van der Waals surface area contributed by atoms with E-state index >= 15 is 0 Å². The van der Waals surface area contributed by atoms with Crippen LogP contribution in [-0.4, -0.2) is 25.2 Å². The summed E-state index contributed by atoms with van der Waals surface area (Å²) in [6.07, 6.45) is 0.770. The molecule has 0 bridgehead atoms. The molecule has 0 aromatic heterocycles. The maximum Gasteiger partial charge on any atom is 0.273 e. The second kappa shape index (κ2) is 6.82. The lowest BCUT2D eigenvalue weighted by molar-refractivity contribution is -0.385. The highest BCUT2D eigenvalue weighted by molar-refractivity contribution is 5.42. The van der Waals surface area contributed by atoms with E-state index < -0.39 is 4.92 Å². The fraction of sp³-hybridized carbons (Fsp3) is 0.455. The van der Waals surface area contributed by atoms with Gasteiger partial charge in [0.1, 0.15) is 5.75 Å². The molecule has 0 atom stereocenters. The molecule has 17 heavy (non-hydrogen) atoms. The number of rotatable bonds is 7. The third-order valence-corrected chi connectivity index (χ3v) is 2.16. The summed E-state index contributed by atoms with van der Waals surface area (Å²) in [5, 5.41) is 10.7. The van der Waals surface area contributed by atoms with Gasteiger partial charge in [-0.25, -0.2) is 0 Å². The monoisotopic (exact) mass is 240 g/mol. The number of hydrogen-bond acceptors (Lipinski definition) is 5. The van der Waals surface area contributed by atoms with Gasteiger partial charge in [0, 0.05) is 12.7 Å². The summed E-state index contributed by atoms with van der Waals surface area (Å²) >= 11 is 0. The molecule has 0 aliphatic rings. The first-order valence-corrected chi connectivity index (χ1v) is 5.27. The molecule has 0 aliphatic carbocycles. The molecule has 94 valence electrons. The van der Waals surface area contributed by atoms with Crippen LogP contribution in [0.4, 0.5) is 5.69 Å². The van der Waals surface area contributed by atoms with Crippen LogP contribution in [0.5, 0.6) is 5.75 Å². The fourth-order valence-electron chi connectivity index (χ4n) is 1.33. The van der Waals surface area contributed by atoms with Crippen LogP contribution in [0.2, 0.25) is 0 Å². The molecule has 0 aliphatic heterocycles. The maximum atomic E-state index is 10.7. The van der Waals surface area contributed by atoms with E-state index in [2.05, 4.69) is 0 Å². The first kappa shape index (κ1) is 13.4. The summed E-state index contributed by atoms with van der Waals surface area (Å²) in [5.41, 5.74) is 6.05. The summed E-state index contributed by atoms with van der Waals surface area (Å²) in [5.74, 6) is 0.455. The number of nitro benzene ring substituents is 1. The van der Waals surface area contributed by atoms with Crippen molar-refractivity contribution in [3.05, 3.63) is 33.9 Å². The van der Waals surface area contributed by atoms with Gasteiger partial charge in [-0.2, -0.15) is 0 Å². The van der Waals surface area contributed by atoms with Crippen molar-refractivity contribution < 1.29 is 14.4 Å². The number of nitrogens with zero attached hydrogens (tertiary/aromatic N) is 1. The van der Waals surface area contributed by atoms with Crippen LogP contribution >= 0.6 is 0 Å². The summed E-state index contributed by atoms with van der Waals surface area (Å²) in [6.45, 7) is 1.43. The maximum absolute atomic E-state index is 10.7. The molecule has 0 heterocycles. The Morgan fingerprint density at radius 2 is 2.18 bits per heavy atom. The van der Waals surface area contributed by atoms with E-state index in [9.17, 15) is 10.1 Å². The molecule has 0 amide bonds. The Kier molecular flexibility index (Phi) is 5.38. The van der Waals surface area contributed by atoms with Crippen molar-refractivity contribution in [2.75, 3.05) is 20.3 Å². The van der Waals surface area contributed by atoms with Gasteiger partial charge in [0.25, 0.3) is 5.69 Å². The minimum absolute atomic E-state index is 0.00164. The SMILES string of the molecule is COc1cc(COCCCN)cc([N+](=O)[O-])c1. The van der Waals surface area contributed by atoms with Crippen LogP contribution in [0, 0.1) is 10.1 Å². The summed E-state index contributed by atoms with van der Waals surface area (Å²) < 4.78 is 10.3. The highest BCUT2D eigenvalue weighted by Crippen LogP contribution is 2.22. The molecule has 6 nitrogen and oxygen atoms in total. The molecule has 1 rings (SSSR count). The van der Waals surface area contributed by atoms with Crippen molar-refractivity contribution >= 4 is 5.69 Å². The van der Waals surface area contributed by atoms with Crippen molar-refractivity contribution in [2.24, 2.45) is 5.73 Å². The van der Waals surface area contributed by atoms with Crippen LogP contribution in [0.15, 0.2) is 18.2 Å². The number of benzene rings is 1. The summed E-state index contributed by atoms with van der Waals surface area (Å²) in [7, 11) is 1.47. The van der Waals surface area contributed by atoms with Gasteiger partial charge in [0.2, 0.25) is 0 Å². The largest absolute Gasteiger partial charge is 0.496 e. The second-order valence-corrected chi connectivity index (χ2v) is 3.49. The third-order valence-electron chi connectivity index (χ3n) is 2.16. The van der Waals surface area contributed by atoms with Crippen LogP contribution in [0.25, 0.3) is 0 Å². The molecule has 0 spiro atoms. The zero-order valence-corrected chi connectivity index (χ0v) is 9.72. The molecule has 0 saturated heterocycles. The molecular weight excluding hydrogens is 224 g/mol. The van der Waals surface area contributed by atoms with Crippen molar-refractivity contribution in [2.45, 2.75) is 13.0 Å². The summed E-state index contributed by atoms with van der Waals surface area (Å²) in [6, 6.07) is 4.57. The standard InChI is InChI=1S/C11H16N2O4/c1-16-11-6-9(8-17-4-2-3-12)5-10(7-11)13(14)15/h5-7H,2-4,8,12H2,1H3. The van der Waals surface area contributed by atoms with Gasteiger partial charge in [0.05, 0.1) is 24.7 Å². The minimum Gasteiger partial charge on any atom is -0.496 e. The number of nitro groups is 1. The number of ether oxygens (including phenoxy) is 2. The Bertz CT molecular complexity index is 382. The summed E-state index contributed by atoms with van der Waals surface area (Å²) in [4.78, 5) is 10.2. The van der Waals surface area contributed by atoms with Crippen LogP contribution in [-0.2, 0) is 11.3 Å². The zero-order chi connectivity index (χ0) is 12.7. The molecule has 0 unspecified atom stereocenters. The quantitative estimate of drug-likeness (QED) is 0.443. The predicted octanol–water partition coefficient (Wildman–Crippen LogP) is 1.47. The highest BCUT2D eigenvalue weighted by Gasteiger charge is 2.10. The van der Waals surface area contributed by atoms with E-state index in [-0.39, 0.29) is 5.69 Å². The van der Waals surface area contributed by atoms with Crippen molar-refractivity contribution in [1.82, 2.24) is 0 Å². The van der Waals surface area contributed by atoms with E-state index in [0.717, 1.165) is 6.42 Å². The van der Waals surface area contributed by atoms with E-state index in [1.807, 2.05) is 0 Å². The van der Waals surface area contributed by atoms with E-state index in [0.29, 0.717) is 31.1 Å². The first-order valence-electron chi connectivity index (χ1n) is 5.27. The molecule has 0 fully saturated rings. The van der Waals surface area contributed by atoms with Gasteiger partial charge in [-0.15, -0.1) is 0 Å².